The molecular formula is C11H18N2O3. The molecule has 0 saturated carbocycles. The Morgan fingerprint density at radius 2 is 2.19 bits per heavy atom. The molecule has 1 rings (SSSR count). The van der Waals surface area contributed by atoms with Crippen LogP contribution in [0.4, 0.5) is 0 Å². The van der Waals surface area contributed by atoms with Gasteiger partial charge >= 0.3 is 0 Å². The Hall–Kier alpha value is -1.36. The zero-order chi connectivity index (χ0) is 12.3. The summed E-state index contributed by atoms with van der Waals surface area (Å²) in [6.07, 6.45) is -0.556. The van der Waals surface area contributed by atoms with Gasteiger partial charge in [0.1, 0.15) is 5.76 Å². The number of carbonyl (C=O) groups excluding carboxylic acids is 1. The normalized spacial score (nSPS) is 12.9. The minimum absolute atomic E-state index is 0.0131. The number of hydrogen-bond donors (Lipinski definition) is 1. The average Bonchev–Trinajstić information content (AvgIpc) is 2.59. The molecule has 5 nitrogen and oxygen atoms in total. The Labute approximate surface area is 95.0 Å². The fourth-order valence-corrected chi connectivity index (χ4v) is 1.43. The van der Waals surface area contributed by atoms with Gasteiger partial charge in [-0.05, 0) is 27.7 Å². The summed E-state index contributed by atoms with van der Waals surface area (Å²) in [6, 6.07) is 1.61. The molecule has 0 bridgehead atoms. The van der Waals surface area contributed by atoms with E-state index in [1.54, 1.807) is 24.8 Å². The van der Waals surface area contributed by atoms with Gasteiger partial charge in [-0.25, -0.2) is 0 Å². The lowest BCUT2D eigenvalue weighted by Gasteiger charge is -2.26. The fraction of sp³-hybridized carbons (Fsp3) is 0.636. The Bertz CT molecular complexity index is 358. The maximum Gasteiger partial charge on any atom is 0.276 e. The van der Waals surface area contributed by atoms with Crippen LogP contribution in [0.25, 0.3) is 0 Å². The Morgan fingerprint density at radius 3 is 2.56 bits per heavy atom. The standard InChI is InChI=1S/C11H18N2O3/c1-7(2)13(6-8(3)14)11(15)10-5-9(4)16-12-10/h5,7-8,14H,6H2,1-4H3. The lowest BCUT2D eigenvalue weighted by molar-refractivity contribution is 0.0569. The molecule has 0 aliphatic heterocycles. The van der Waals surface area contributed by atoms with Gasteiger partial charge in [-0.15, -0.1) is 0 Å². The number of amides is 1. The molecule has 0 radical (unpaired) electrons. The number of rotatable bonds is 4. The van der Waals surface area contributed by atoms with Gasteiger partial charge in [0.05, 0.1) is 6.10 Å². The highest BCUT2D eigenvalue weighted by Crippen LogP contribution is 2.09. The molecule has 0 saturated heterocycles. The molecule has 0 aromatic carbocycles. The Balaban J connectivity index is 2.83. The van der Waals surface area contributed by atoms with Crippen LogP contribution in [0.15, 0.2) is 10.6 Å². The van der Waals surface area contributed by atoms with Gasteiger partial charge in [-0.1, -0.05) is 5.16 Å². The summed E-state index contributed by atoms with van der Waals surface area (Å²) in [5.41, 5.74) is 0.284. The van der Waals surface area contributed by atoms with Crippen molar-refractivity contribution in [3.63, 3.8) is 0 Å². The molecule has 0 spiro atoms. The number of aliphatic hydroxyl groups excluding tert-OH is 1. The second kappa shape index (κ2) is 5.12. The number of nitrogens with zero attached hydrogens (tertiary/aromatic N) is 2. The van der Waals surface area contributed by atoms with Crippen LogP contribution in [0.5, 0.6) is 0 Å². The maximum absolute atomic E-state index is 12.0. The van der Waals surface area contributed by atoms with Crippen molar-refractivity contribution < 1.29 is 14.4 Å². The predicted octanol–water partition coefficient (Wildman–Crippen LogP) is 1.21. The van der Waals surface area contributed by atoms with E-state index in [-0.39, 0.29) is 17.6 Å². The SMILES string of the molecule is Cc1cc(C(=O)N(CC(C)O)C(C)C)no1. The topological polar surface area (TPSA) is 66.6 Å². The van der Waals surface area contributed by atoms with Crippen LogP contribution in [-0.2, 0) is 0 Å². The molecule has 16 heavy (non-hydrogen) atoms. The first-order valence-corrected chi connectivity index (χ1v) is 5.34. The van der Waals surface area contributed by atoms with Crippen molar-refractivity contribution in [2.24, 2.45) is 0 Å². The van der Waals surface area contributed by atoms with Gasteiger partial charge in [0.15, 0.2) is 5.69 Å². The van der Waals surface area contributed by atoms with Crippen molar-refractivity contribution in [3.8, 4) is 0 Å². The first kappa shape index (κ1) is 12.7. The lowest BCUT2D eigenvalue weighted by atomic mass is 10.2. The fourth-order valence-electron chi connectivity index (χ4n) is 1.43. The van der Waals surface area contributed by atoms with E-state index in [4.69, 9.17) is 4.52 Å². The molecule has 5 heteroatoms. The van der Waals surface area contributed by atoms with Crippen LogP contribution in [0.3, 0.4) is 0 Å². The molecule has 0 aliphatic rings. The van der Waals surface area contributed by atoms with E-state index in [0.29, 0.717) is 12.3 Å². The van der Waals surface area contributed by atoms with E-state index in [1.807, 2.05) is 13.8 Å². The largest absolute Gasteiger partial charge is 0.392 e. The number of hydrogen-bond acceptors (Lipinski definition) is 4. The first-order chi connectivity index (χ1) is 7.41. The predicted molar refractivity (Wildman–Crippen MR) is 59.1 cm³/mol. The molecule has 1 atom stereocenters. The zero-order valence-electron chi connectivity index (χ0n) is 10.1. The molecule has 1 heterocycles. The highest BCUT2D eigenvalue weighted by molar-refractivity contribution is 5.92. The van der Waals surface area contributed by atoms with Crippen LogP contribution >= 0.6 is 0 Å². The van der Waals surface area contributed by atoms with Gasteiger partial charge in [0, 0.05) is 18.7 Å². The van der Waals surface area contributed by atoms with Gasteiger partial charge in [0.25, 0.3) is 5.91 Å². The molecule has 1 aromatic rings. The summed E-state index contributed by atoms with van der Waals surface area (Å²) in [7, 11) is 0. The summed E-state index contributed by atoms with van der Waals surface area (Å²) in [6.45, 7) is 7.47. The van der Waals surface area contributed by atoms with Crippen molar-refractivity contribution >= 4 is 5.91 Å². The smallest absolute Gasteiger partial charge is 0.276 e. The van der Waals surface area contributed by atoms with E-state index >= 15 is 0 Å². The minimum atomic E-state index is -0.556. The molecule has 1 unspecified atom stereocenters. The van der Waals surface area contributed by atoms with Crippen molar-refractivity contribution in [2.75, 3.05) is 6.54 Å². The van der Waals surface area contributed by atoms with E-state index in [0.717, 1.165) is 0 Å². The van der Waals surface area contributed by atoms with Crippen LogP contribution in [-0.4, -0.2) is 39.8 Å². The third-order valence-corrected chi connectivity index (χ3v) is 2.19. The summed E-state index contributed by atoms with van der Waals surface area (Å²) >= 11 is 0. The van der Waals surface area contributed by atoms with Gasteiger partial charge in [-0.3, -0.25) is 4.79 Å². The molecule has 1 N–H and O–H groups in total. The molecule has 90 valence electrons. The van der Waals surface area contributed by atoms with Crippen molar-refractivity contribution in [3.05, 3.63) is 17.5 Å². The van der Waals surface area contributed by atoms with Gasteiger partial charge in [0.2, 0.25) is 0 Å². The Kier molecular flexibility index (Phi) is 4.06. The van der Waals surface area contributed by atoms with Crippen LogP contribution in [0.2, 0.25) is 0 Å². The lowest BCUT2D eigenvalue weighted by Crippen LogP contribution is -2.41. The molecule has 0 aliphatic carbocycles. The van der Waals surface area contributed by atoms with E-state index < -0.39 is 6.10 Å². The number of aromatic nitrogens is 1. The van der Waals surface area contributed by atoms with Crippen LogP contribution in [0, 0.1) is 6.92 Å². The van der Waals surface area contributed by atoms with Crippen LogP contribution in [0.1, 0.15) is 37.0 Å². The number of aryl methyl sites for hydroxylation is 1. The van der Waals surface area contributed by atoms with Gasteiger partial charge in [-0.2, -0.15) is 0 Å². The van der Waals surface area contributed by atoms with Crippen molar-refractivity contribution in [1.29, 1.82) is 0 Å². The summed E-state index contributed by atoms with van der Waals surface area (Å²) in [4.78, 5) is 13.6. The average molecular weight is 226 g/mol. The van der Waals surface area contributed by atoms with Crippen LogP contribution < -0.4 is 0 Å². The van der Waals surface area contributed by atoms with Crippen molar-refractivity contribution in [2.45, 2.75) is 39.8 Å². The third kappa shape index (κ3) is 3.06. The highest BCUT2D eigenvalue weighted by atomic mass is 16.5. The zero-order valence-corrected chi connectivity index (χ0v) is 10.1. The minimum Gasteiger partial charge on any atom is -0.392 e. The molecule has 1 aromatic heterocycles. The molecular weight excluding hydrogens is 208 g/mol. The third-order valence-electron chi connectivity index (χ3n) is 2.19. The van der Waals surface area contributed by atoms with E-state index in [2.05, 4.69) is 5.16 Å². The first-order valence-electron chi connectivity index (χ1n) is 5.34. The second-order valence-corrected chi connectivity index (χ2v) is 4.22. The Morgan fingerprint density at radius 1 is 1.56 bits per heavy atom. The molecule has 0 fully saturated rings. The van der Waals surface area contributed by atoms with Gasteiger partial charge < -0.3 is 14.5 Å². The maximum atomic E-state index is 12.0. The highest BCUT2D eigenvalue weighted by Gasteiger charge is 2.22. The second-order valence-electron chi connectivity index (χ2n) is 4.22. The van der Waals surface area contributed by atoms with E-state index in [1.165, 1.54) is 0 Å². The number of carbonyl (C=O) groups is 1. The quantitative estimate of drug-likeness (QED) is 0.838. The van der Waals surface area contributed by atoms with Crippen molar-refractivity contribution in [1.82, 2.24) is 10.1 Å². The summed E-state index contributed by atoms with van der Waals surface area (Å²) in [5, 5.41) is 13.0. The molecule has 1 amide bonds. The monoisotopic (exact) mass is 226 g/mol. The number of aliphatic hydroxyl groups is 1. The summed E-state index contributed by atoms with van der Waals surface area (Å²) < 4.78 is 4.86. The summed E-state index contributed by atoms with van der Waals surface area (Å²) in [5.74, 6) is 0.386. The van der Waals surface area contributed by atoms with E-state index in [9.17, 15) is 9.90 Å².